The molecule has 4 saturated heterocycles. The molecule has 0 amide bonds. The first-order valence-corrected chi connectivity index (χ1v) is 10.8. The van der Waals surface area contributed by atoms with Gasteiger partial charge in [0.2, 0.25) is 0 Å². The first-order chi connectivity index (χ1) is 13.5. The van der Waals surface area contributed by atoms with Crippen molar-refractivity contribution in [1.29, 1.82) is 0 Å². The molecule has 0 saturated carbocycles. The van der Waals surface area contributed by atoms with Crippen LogP contribution in [0.3, 0.4) is 0 Å². The Morgan fingerprint density at radius 1 is 0.793 bits per heavy atom. The summed E-state index contributed by atoms with van der Waals surface area (Å²) in [6.07, 6.45) is -2.49. The van der Waals surface area contributed by atoms with E-state index in [0.717, 1.165) is 6.42 Å². The van der Waals surface area contributed by atoms with Crippen molar-refractivity contribution < 1.29 is 38.3 Å². The van der Waals surface area contributed by atoms with Gasteiger partial charge in [-0.05, 0) is 46.0 Å². The van der Waals surface area contributed by atoms with Crippen molar-refractivity contribution >= 4 is 0 Å². The molecule has 4 rings (SSSR count). The molecule has 4 fully saturated rings. The number of rotatable bonds is 4. The molecule has 8 nitrogen and oxygen atoms in total. The molecule has 4 heterocycles. The first kappa shape index (κ1) is 21.9. The lowest BCUT2D eigenvalue weighted by atomic mass is 9.82. The minimum absolute atomic E-state index is 0.0557. The van der Waals surface area contributed by atoms with E-state index in [1.54, 1.807) is 0 Å². The second-order valence-corrected chi connectivity index (χ2v) is 9.70. The summed E-state index contributed by atoms with van der Waals surface area (Å²) >= 11 is 0. The normalized spacial score (nSPS) is 50.9. The highest BCUT2D eigenvalue weighted by atomic mass is 16.9. The second kappa shape index (κ2) is 7.67. The first-order valence-electron chi connectivity index (χ1n) is 10.8. The van der Waals surface area contributed by atoms with E-state index in [1.807, 2.05) is 34.6 Å². The largest absolute Gasteiger partial charge is 0.388 e. The van der Waals surface area contributed by atoms with Crippen LogP contribution in [0.5, 0.6) is 0 Å². The van der Waals surface area contributed by atoms with E-state index in [4.69, 9.17) is 33.2 Å². The fourth-order valence-electron chi connectivity index (χ4n) is 4.90. The Morgan fingerprint density at radius 3 is 2.10 bits per heavy atom. The molecular weight excluding hydrogens is 380 g/mol. The highest BCUT2D eigenvalue weighted by Gasteiger charge is 2.60. The zero-order valence-corrected chi connectivity index (χ0v) is 18.5. The van der Waals surface area contributed by atoms with Crippen LogP contribution in [-0.2, 0) is 33.2 Å². The van der Waals surface area contributed by atoms with Crippen LogP contribution in [0, 0.1) is 11.8 Å². The van der Waals surface area contributed by atoms with Crippen LogP contribution in [0.1, 0.15) is 54.9 Å². The third-order valence-corrected chi connectivity index (χ3v) is 6.62. The van der Waals surface area contributed by atoms with Crippen LogP contribution in [0.2, 0.25) is 0 Å². The molecule has 4 aliphatic rings. The molecule has 0 bridgehead atoms. The van der Waals surface area contributed by atoms with E-state index in [9.17, 15) is 5.11 Å². The van der Waals surface area contributed by atoms with E-state index in [2.05, 4.69) is 13.8 Å². The molecule has 0 aromatic carbocycles. The standard InChI is InChI=1S/C21H36O8/c1-8-12-10(2)11(3)14(22)18(24-12)23-9-13-15-16(27-20(4,5)26-15)17-19(25-13)29-21(6,7)28-17/h10-19,22H,8-9H2,1-7H3. The van der Waals surface area contributed by atoms with E-state index in [0.29, 0.717) is 0 Å². The van der Waals surface area contributed by atoms with Crippen molar-refractivity contribution in [3.63, 3.8) is 0 Å². The van der Waals surface area contributed by atoms with Gasteiger partial charge in [0.25, 0.3) is 0 Å². The van der Waals surface area contributed by atoms with Gasteiger partial charge in [0.1, 0.15) is 30.5 Å². The third kappa shape index (κ3) is 4.11. The van der Waals surface area contributed by atoms with Crippen molar-refractivity contribution in [3.8, 4) is 0 Å². The molecule has 0 spiro atoms. The lowest BCUT2D eigenvalue weighted by Gasteiger charge is -2.43. The maximum Gasteiger partial charge on any atom is 0.190 e. The molecule has 168 valence electrons. The molecule has 1 N–H and O–H groups in total. The van der Waals surface area contributed by atoms with Crippen LogP contribution in [0.25, 0.3) is 0 Å². The SMILES string of the molecule is CCC1OC(OCC2OC3OC(C)(C)OC3C3OC(C)(C)OC23)C(O)C(C)C1C. The highest BCUT2D eigenvalue weighted by Crippen LogP contribution is 2.44. The van der Waals surface area contributed by atoms with Crippen molar-refractivity contribution in [2.75, 3.05) is 6.61 Å². The van der Waals surface area contributed by atoms with Gasteiger partial charge in [-0.15, -0.1) is 0 Å². The van der Waals surface area contributed by atoms with Gasteiger partial charge in [-0.3, -0.25) is 0 Å². The maximum atomic E-state index is 10.6. The molecule has 10 unspecified atom stereocenters. The summed E-state index contributed by atoms with van der Waals surface area (Å²) in [6.45, 7) is 13.9. The number of aliphatic hydroxyl groups is 1. The molecule has 10 atom stereocenters. The molecular formula is C21H36O8. The maximum absolute atomic E-state index is 10.6. The zero-order valence-electron chi connectivity index (χ0n) is 18.5. The van der Waals surface area contributed by atoms with E-state index in [1.165, 1.54) is 0 Å². The zero-order chi connectivity index (χ0) is 21.1. The predicted molar refractivity (Wildman–Crippen MR) is 102 cm³/mol. The van der Waals surface area contributed by atoms with Gasteiger partial charge in [-0.1, -0.05) is 20.8 Å². The van der Waals surface area contributed by atoms with Crippen molar-refractivity contribution in [3.05, 3.63) is 0 Å². The second-order valence-electron chi connectivity index (χ2n) is 9.70. The quantitative estimate of drug-likeness (QED) is 0.746. The Bertz CT molecular complexity index is 593. The summed E-state index contributed by atoms with van der Waals surface area (Å²) in [6, 6.07) is 0. The van der Waals surface area contributed by atoms with Gasteiger partial charge in [0.05, 0.1) is 12.7 Å². The summed E-state index contributed by atoms with van der Waals surface area (Å²) < 4.78 is 42.4. The van der Waals surface area contributed by atoms with Crippen LogP contribution in [0.4, 0.5) is 0 Å². The molecule has 0 aromatic rings. The Balaban J connectivity index is 1.45. The fraction of sp³-hybridized carbons (Fsp3) is 1.00. The van der Waals surface area contributed by atoms with Gasteiger partial charge < -0.3 is 38.3 Å². The van der Waals surface area contributed by atoms with E-state index in [-0.39, 0.29) is 42.9 Å². The van der Waals surface area contributed by atoms with Crippen LogP contribution < -0.4 is 0 Å². The highest BCUT2D eigenvalue weighted by molar-refractivity contribution is 5.00. The van der Waals surface area contributed by atoms with Gasteiger partial charge in [0.15, 0.2) is 24.2 Å². The van der Waals surface area contributed by atoms with Gasteiger partial charge in [0, 0.05) is 0 Å². The summed E-state index contributed by atoms with van der Waals surface area (Å²) in [5.74, 6) is -1.15. The molecule has 29 heavy (non-hydrogen) atoms. The molecule has 0 aliphatic carbocycles. The fourth-order valence-corrected chi connectivity index (χ4v) is 4.90. The van der Waals surface area contributed by atoms with E-state index >= 15 is 0 Å². The van der Waals surface area contributed by atoms with Crippen molar-refractivity contribution in [1.82, 2.24) is 0 Å². The Morgan fingerprint density at radius 2 is 1.41 bits per heavy atom. The summed E-state index contributed by atoms with van der Waals surface area (Å²) in [4.78, 5) is 0. The van der Waals surface area contributed by atoms with Gasteiger partial charge in [-0.2, -0.15) is 0 Å². The molecule has 8 heteroatoms. The third-order valence-electron chi connectivity index (χ3n) is 6.62. The van der Waals surface area contributed by atoms with Crippen LogP contribution >= 0.6 is 0 Å². The predicted octanol–water partition coefficient (Wildman–Crippen LogP) is 2.17. The number of ether oxygens (including phenoxy) is 7. The van der Waals surface area contributed by atoms with E-state index < -0.39 is 36.4 Å². The number of aliphatic hydroxyl groups excluding tert-OH is 1. The lowest BCUT2D eigenvalue weighted by Crippen LogP contribution is -2.57. The Hall–Kier alpha value is -0.320. The summed E-state index contributed by atoms with van der Waals surface area (Å²) in [5.41, 5.74) is 0. The molecule has 4 aliphatic heterocycles. The van der Waals surface area contributed by atoms with Crippen LogP contribution in [0.15, 0.2) is 0 Å². The summed E-state index contributed by atoms with van der Waals surface area (Å²) in [5, 5.41) is 10.6. The average Bonchev–Trinajstić information content (AvgIpc) is 3.13. The van der Waals surface area contributed by atoms with Crippen molar-refractivity contribution in [2.45, 2.75) is 116 Å². The van der Waals surface area contributed by atoms with Crippen molar-refractivity contribution in [2.24, 2.45) is 11.8 Å². The summed E-state index contributed by atoms with van der Waals surface area (Å²) in [7, 11) is 0. The number of fused-ring (bicyclic) bond motifs is 3. The number of hydrogen-bond donors (Lipinski definition) is 1. The smallest absolute Gasteiger partial charge is 0.190 e. The molecule has 0 radical (unpaired) electrons. The number of hydrogen-bond acceptors (Lipinski definition) is 8. The lowest BCUT2D eigenvalue weighted by molar-refractivity contribution is -0.295. The minimum atomic E-state index is -0.756. The Kier molecular flexibility index (Phi) is 5.79. The van der Waals surface area contributed by atoms with Gasteiger partial charge >= 0.3 is 0 Å². The van der Waals surface area contributed by atoms with Crippen LogP contribution in [-0.4, -0.2) is 72.5 Å². The Labute approximate surface area is 173 Å². The van der Waals surface area contributed by atoms with Gasteiger partial charge in [-0.25, -0.2) is 0 Å². The average molecular weight is 417 g/mol. The topological polar surface area (TPSA) is 84.8 Å². The molecule has 0 aromatic heterocycles. The minimum Gasteiger partial charge on any atom is -0.388 e. The monoisotopic (exact) mass is 416 g/mol.